The minimum Gasteiger partial charge on any atom is -0.487 e. The van der Waals surface area contributed by atoms with E-state index in [-0.39, 0.29) is 19.8 Å². The van der Waals surface area contributed by atoms with Gasteiger partial charge in [-0.3, -0.25) is 20.1 Å². The second-order valence-electron chi connectivity index (χ2n) is 10.7. The lowest BCUT2D eigenvalue weighted by Gasteiger charge is -2.25. The van der Waals surface area contributed by atoms with E-state index in [2.05, 4.69) is 21.4 Å². The molecule has 2 heterocycles. The number of aliphatic hydroxyl groups excluding tert-OH is 1. The van der Waals surface area contributed by atoms with Gasteiger partial charge in [-0.1, -0.05) is 35.9 Å². The second-order valence-corrected chi connectivity index (χ2v) is 11.1. The van der Waals surface area contributed by atoms with Crippen LogP contribution < -0.4 is 24.3 Å². The maximum atomic E-state index is 11.7. The van der Waals surface area contributed by atoms with E-state index in [1.54, 1.807) is 24.5 Å². The smallest absolute Gasteiger partial charge is 0.326 e. The van der Waals surface area contributed by atoms with Gasteiger partial charge in [0.2, 0.25) is 0 Å². The van der Waals surface area contributed by atoms with Crippen molar-refractivity contribution in [3.8, 4) is 34.1 Å². The number of carboxylic acids is 1. The molecule has 230 valence electrons. The highest BCUT2D eigenvalue weighted by atomic mass is 35.5. The molecule has 0 saturated heterocycles. The molecule has 1 aliphatic heterocycles. The largest absolute Gasteiger partial charge is 0.487 e. The van der Waals surface area contributed by atoms with E-state index < -0.39 is 18.1 Å². The molecule has 0 spiro atoms. The molecular weight excluding hydrogens is 586 g/mol. The third kappa shape index (κ3) is 7.05. The number of hydrogen-bond acceptors (Lipinski definition) is 9. The SMILES string of the molecule is Cc1cnc(COc2cc(OCc3cccc(-c4ccc5c(c4)OCCO5)c3C)c(Cl)cc2CNC(C)(CO)C(=O)O)cn1. The third-order valence-corrected chi connectivity index (χ3v) is 7.76. The third-order valence-electron chi connectivity index (χ3n) is 7.46. The Hall–Kier alpha value is -4.38. The molecule has 1 unspecified atom stereocenters. The highest BCUT2D eigenvalue weighted by Crippen LogP contribution is 2.37. The summed E-state index contributed by atoms with van der Waals surface area (Å²) in [5.41, 5.74) is 4.50. The van der Waals surface area contributed by atoms with E-state index in [4.69, 9.17) is 30.5 Å². The first-order chi connectivity index (χ1) is 21.2. The lowest BCUT2D eigenvalue weighted by Crippen LogP contribution is -2.52. The van der Waals surface area contributed by atoms with Crippen molar-refractivity contribution in [2.75, 3.05) is 19.8 Å². The van der Waals surface area contributed by atoms with Gasteiger partial charge in [-0.15, -0.1) is 0 Å². The zero-order valence-corrected chi connectivity index (χ0v) is 25.5. The quantitative estimate of drug-likeness (QED) is 0.193. The van der Waals surface area contributed by atoms with Crippen LogP contribution in [0, 0.1) is 13.8 Å². The average Bonchev–Trinajstić information content (AvgIpc) is 3.03. The fraction of sp³-hybridized carbons (Fsp3) is 0.303. The Morgan fingerprint density at radius 2 is 1.75 bits per heavy atom. The Morgan fingerprint density at radius 1 is 0.977 bits per heavy atom. The van der Waals surface area contributed by atoms with Gasteiger partial charge < -0.3 is 29.2 Å². The van der Waals surface area contributed by atoms with Crippen LogP contribution in [0.15, 0.2) is 60.9 Å². The van der Waals surface area contributed by atoms with E-state index in [9.17, 15) is 15.0 Å². The highest BCUT2D eigenvalue weighted by molar-refractivity contribution is 6.32. The molecule has 1 aliphatic rings. The molecule has 44 heavy (non-hydrogen) atoms. The molecule has 1 atom stereocenters. The number of carbonyl (C=O) groups is 1. The average molecular weight is 620 g/mol. The lowest BCUT2D eigenvalue weighted by molar-refractivity contribution is -0.145. The topological polar surface area (TPSA) is 132 Å². The molecular formula is C33H34ClN3O7. The number of aromatic nitrogens is 2. The number of carboxylic acid groups (broad SMARTS) is 1. The van der Waals surface area contributed by atoms with Gasteiger partial charge in [0.1, 0.15) is 43.5 Å². The molecule has 0 amide bonds. The molecule has 0 radical (unpaired) electrons. The number of hydrogen-bond donors (Lipinski definition) is 3. The summed E-state index contributed by atoms with van der Waals surface area (Å²) < 4.78 is 23.8. The summed E-state index contributed by atoms with van der Waals surface area (Å²) in [5, 5.41) is 22.5. The summed E-state index contributed by atoms with van der Waals surface area (Å²) in [4.78, 5) is 20.3. The van der Waals surface area contributed by atoms with Crippen molar-refractivity contribution in [1.82, 2.24) is 15.3 Å². The second kappa shape index (κ2) is 13.5. The van der Waals surface area contributed by atoms with Crippen LogP contribution in [0.4, 0.5) is 0 Å². The number of aliphatic carboxylic acids is 1. The molecule has 5 rings (SSSR count). The maximum absolute atomic E-state index is 11.7. The van der Waals surface area contributed by atoms with Crippen LogP contribution in [0.25, 0.3) is 11.1 Å². The number of halogens is 1. The van der Waals surface area contributed by atoms with Gasteiger partial charge in [0, 0.05) is 24.4 Å². The van der Waals surface area contributed by atoms with Gasteiger partial charge in [0.15, 0.2) is 11.5 Å². The minimum atomic E-state index is -1.55. The van der Waals surface area contributed by atoms with Crippen LogP contribution in [0.5, 0.6) is 23.0 Å². The van der Waals surface area contributed by atoms with E-state index >= 15 is 0 Å². The molecule has 0 fully saturated rings. The molecule has 0 bridgehead atoms. The van der Waals surface area contributed by atoms with Crippen molar-refractivity contribution < 1.29 is 34.0 Å². The van der Waals surface area contributed by atoms with Gasteiger partial charge in [0.25, 0.3) is 0 Å². The van der Waals surface area contributed by atoms with Crippen molar-refractivity contribution in [1.29, 1.82) is 0 Å². The van der Waals surface area contributed by atoms with Crippen LogP contribution in [0.3, 0.4) is 0 Å². The number of rotatable bonds is 12. The Labute approximate surface area is 260 Å². The van der Waals surface area contributed by atoms with E-state index in [1.807, 2.05) is 44.2 Å². The Bertz CT molecular complexity index is 1650. The monoisotopic (exact) mass is 619 g/mol. The number of fused-ring (bicyclic) bond motifs is 1. The number of benzene rings is 3. The van der Waals surface area contributed by atoms with Gasteiger partial charge >= 0.3 is 5.97 Å². The fourth-order valence-corrected chi connectivity index (χ4v) is 4.85. The number of nitrogens with one attached hydrogen (secondary N) is 1. The number of nitrogens with zero attached hydrogens (tertiary/aromatic N) is 2. The first-order valence-corrected chi connectivity index (χ1v) is 14.5. The van der Waals surface area contributed by atoms with Gasteiger partial charge in [-0.2, -0.15) is 0 Å². The van der Waals surface area contributed by atoms with Gasteiger partial charge in [-0.25, -0.2) is 0 Å². The molecule has 0 aliphatic carbocycles. The number of aliphatic hydroxyl groups is 1. The van der Waals surface area contributed by atoms with E-state index in [0.717, 1.165) is 39.4 Å². The highest BCUT2D eigenvalue weighted by Gasteiger charge is 2.32. The van der Waals surface area contributed by atoms with Crippen molar-refractivity contribution in [3.05, 3.63) is 94.0 Å². The van der Waals surface area contributed by atoms with Crippen LogP contribution in [-0.2, 0) is 24.6 Å². The minimum absolute atomic E-state index is 0.0644. The van der Waals surface area contributed by atoms with Crippen LogP contribution >= 0.6 is 11.6 Å². The Balaban J connectivity index is 1.38. The van der Waals surface area contributed by atoms with Crippen molar-refractivity contribution in [3.63, 3.8) is 0 Å². The van der Waals surface area contributed by atoms with Crippen molar-refractivity contribution in [2.45, 2.75) is 46.1 Å². The zero-order valence-electron chi connectivity index (χ0n) is 24.7. The van der Waals surface area contributed by atoms with Crippen molar-refractivity contribution >= 4 is 17.6 Å². The van der Waals surface area contributed by atoms with E-state index in [0.29, 0.717) is 41.0 Å². The van der Waals surface area contributed by atoms with Crippen LogP contribution in [0.1, 0.15) is 35.0 Å². The summed E-state index contributed by atoms with van der Waals surface area (Å²) in [6.45, 7) is 6.17. The molecule has 3 N–H and O–H groups in total. The summed E-state index contributed by atoms with van der Waals surface area (Å²) in [5.74, 6) is 1.10. The summed E-state index contributed by atoms with van der Waals surface area (Å²) in [6, 6.07) is 15.3. The molecule has 4 aromatic rings. The fourth-order valence-electron chi connectivity index (χ4n) is 4.61. The van der Waals surface area contributed by atoms with Gasteiger partial charge in [0.05, 0.1) is 29.2 Å². The molecule has 1 aromatic heterocycles. The number of ether oxygens (including phenoxy) is 4. The summed E-state index contributed by atoms with van der Waals surface area (Å²) in [7, 11) is 0. The Kier molecular flexibility index (Phi) is 9.53. The molecule has 11 heteroatoms. The molecule has 10 nitrogen and oxygen atoms in total. The first-order valence-electron chi connectivity index (χ1n) is 14.1. The summed E-state index contributed by atoms with van der Waals surface area (Å²) >= 11 is 6.66. The number of aryl methyl sites for hydroxylation is 1. The van der Waals surface area contributed by atoms with E-state index in [1.165, 1.54) is 6.92 Å². The van der Waals surface area contributed by atoms with Crippen LogP contribution in [-0.4, -0.2) is 51.5 Å². The maximum Gasteiger partial charge on any atom is 0.326 e. The predicted octanol–water partition coefficient (Wildman–Crippen LogP) is 5.27. The zero-order chi connectivity index (χ0) is 31.3. The molecule has 0 saturated carbocycles. The standard InChI is InChI=1S/C33H34ClN3O7/c1-20-14-36-25(16-35-20)18-44-29-13-30(27(34)11-24(29)15-37-33(3,19-38)32(39)40)43-17-23-5-4-6-26(21(23)2)22-7-8-28-31(12-22)42-10-9-41-28/h4-8,11-14,16,37-38H,9-10,15,17-19H2,1-3H3,(H,39,40). The first kappa shape index (κ1) is 31.1. The van der Waals surface area contributed by atoms with Gasteiger partial charge in [-0.05, 0) is 61.2 Å². The predicted molar refractivity (Wildman–Crippen MR) is 164 cm³/mol. The van der Waals surface area contributed by atoms with Crippen LogP contribution in [0.2, 0.25) is 5.02 Å². The Morgan fingerprint density at radius 3 is 2.48 bits per heavy atom. The van der Waals surface area contributed by atoms with Crippen molar-refractivity contribution in [2.24, 2.45) is 0 Å². The summed E-state index contributed by atoms with van der Waals surface area (Å²) in [6.07, 6.45) is 3.28. The molecule has 3 aromatic carbocycles. The lowest BCUT2D eigenvalue weighted by atomic mass is 9.96. The normalized spacial score (nSPS) is 13.7.